The van der Waals surface area contributed by atoms with Crippen LogP contribution in [0.1, 0.15) is 17.2 Å². The lowest BCUT2D eigenvalue weighted by Gasteiger charge is -2.06. The van der Waals surface area contributed by atoms with Crippen LogP contribution in [0.3, 0.4) is 0 Å². The van der Waals surface area contributed by atoms with Crippen molar-refractivity contribution in [3.8, 4) is 0 Å². The molecule has 3 aromatic rings. The molecule has 7 heteroatoms. The highest BCUT2D eigenvalue weighted by molar-refractivity contribution is 7.17. The highest BCUT2D eigenvalue weighted by Gasteiger charge is 2.22. The number of carbonyl (C=O) groups is 1. The second-order valence-corrected chi connectivity index (χ2v) is 7.48. The van der Waals surface area contributed by atoms with Crippen LogP contribution in [0.5, 0.6) is 0 Å². The third-order valence-electron chi connectivity index (χ3n) is 3.47. The largest absolute Gasteiger partial charge is 0.330 e. The van der Waals surface area contributed by atoms with Crippen molar-refractivity contribution < 1.29 is 9.90 Å². The van der Waals surface area contributed by atoms with Crippen molar-refractivity contribution in [2.45, 2.75) is 6.10 Å². The molecule has 1 aromatic heterocycles. The van der Waals surface area contributed by atoms with Gasteiger partial charge < -0.3 is 5.32 Å². The summed E-state index contributed by atoms with van der Waals surface area (Å²) in [6.07, 6.45) is 1.47. The molecule has 0 saturated carbocycles. The second-order valence-electron chi connectivity index (χ2n) is 5.26. The van der Waals surface area contributed by atoms with Gasteiger partial charge in [-0.2, -0.15) is 0 Å². The highest BCUT2D eigenvalue weighted by Crippen LogP contribution is 2.32. The van der Waals surface area contributed by atoms with Crippen LogP contribution in [0.2, 0.25) is 15.1 Å². The zero-order valence-corrected chi connectivity index (χ0v) is 15.7. The average Bonchev–Trinajstić information content (AvgIpc) is 2.96. The molecular weight excluding hydrogens is 401 g/mol. The van der Waals surface area contributed by atoms with Gasteiger partial charge in [0.25, 0.3) is 5.91 Å². The van der Waals surface area contributed by atoms with Gasteiger partial charge in [0.2, 0.25) is 0 Å². The fraction of sp³-hybridized carbons (Fsp3) is 0.0556. The maximum absolute atomic E-state index is 12.4. The molecule has 1 heterocycles. The van der Waals surface area contributed by atoms with Gasteiger partial charge in [0.1, 0.15) is 0 Å². The van der Waals surface area contributed by atoms with Crippen molar-refractivity contribution in [1.29, 1.82) is 0 Å². The molecule has 127 valence electrons. The second kappa shape index (κ2) is 7.77. The molecule has 1 atom stereocenters. The van der Waals surface area contributed by atoms with E-state index in [1.807, 2.05) is 6.07 Å². The minimum absolute atomic E-state index is 0.416. The lowest BCUT2D eigenvalue weighted by atomic mass is 10.1. The number of rotatable bonds is 4. The quantitative estimate of drug-likeness (QED) is 0.552. The van der Waals surface area contributed by atoms with Crippen LogP contribution in [0.15, 0.2) is 48.0 Å². The number of thiophene rings is 1. The number of halogens is 3. The van der Waals surface area contributed by atoms with Crippen LogP contribution in [0, 0.1) is 0 Å². The van der Waals surface area contributed by atoms with Crippen LogP contribution in [-0.4, -0.2) is 5.91 Å². The van der Waals surface area contributed by atoms with E-state index >= 15 is 0 Å². The van der Waals surface area contributed by atoms with Gasteiger partial charge in [-0.3, -0.25) is 4.79 Å². The topological polar surface area (TPSA) is 49.0 Å². The summed E-state index contributed by atoms with van der Waals surface area (Å²) in [5.41, 5.74) is 1.13. The third kappa shape index (κ3) is 4.35. The summed E-state index contributed by atoms with van der Waals surface area (Å²) in [7, 11) is 0. The fourth-order valence-corrected chi connectivity index (χ4v) is 4.00. The van der Waals surface area contributed by atoms with E-state index in [1.165, 1.54) is 17.5 Å². The molecule has 0 aliphatic rings. The van der Waals surface area contributed by atoms with Crippen LogP contribution in [-0.2, 0) is 9.90 Å². The molecule has 3 rings (SSSR count). The lowest BCUT2D eigenvalue weighted by molar-refractivity contribution is -0.131. The van der Waals surface area contributed by atoms with Crippen molar-refractivity contribution >= 4 is 68.2 Å². The Morgan fingerprint density at radius 3 is 2.48 bits per heavy atom. The predicted octanol–water partition coefficient (Wildman–Crippen LogP) is 6.12. The Morgan fingerprint density at radius 2 is 1.76 bits per heavy atom. The first-order valence-corrected chi connectivity index (χ1v) is 9.21. The molecule has 0 aliphatic heterocycles. The first kappa shape index (κ1) is 18.2. The molecule has 1 amide bonds. The standard InChI is InChI=1S/C18H11Cl3NO2S/c19-11-1-2-16-14(8-11)15(9-25-16)17(23)18(24)22-4-3-10-5-12(20)7-13(21)6-10/h1-9,17H,(H,22,24). The summed E-state index contributed by atoms with van der Waals surface area (Å²) in [5.74, 6) is -0.649. The third-order valence-corrected chi connectivity index (χ3v) is 5.13. The molecule has 1 N–H and O–H groups in total. The summed E-state index contributed by atoms with van der Waals surface area (Å²) in [4.78, 5) is 12.1. The monoisotopic (exact) mass is 410 g/mol. The molecule has 25 heavy (non-hydrogen) atoms. The Bertz CT molecular complexity index is 948. The van der Waals surface area contributed by atoms with E-state index < -0.39 is 12.0 Å². The fourth-order valence-electron chi connectivity index (χ4n) is 2.33. The molecule has 0 aliphatic carbocycles. The summed E-state index contributed by atoms with van der Waals surface area (Å²) in [6.45, 7) is 0. The number of nitrogens with one attached hydrogen (secondary N) is 1. The maximum atomic E-state index is 12.4. The summed E-state index contributed by atoms with van der Waals surface area (Å²) < 4.78 is 0.914. The zero-order chi connectivity index (χ0) is 18.0. The van der Waals surface area contributed by atoms with E-state index in [1.54, 1.807) is 41.8 Å². The van der Waals surface area contributed by atoms with Crippen molar-refractivity contribution in [2.24, 2.45) is 0 Å². The van der Waals surface area contributed by atoms with Gasteiger partial charge in [0.05, 0.1) is 0 Å². The molecule has 3 nitrogen and oxygen atoms in total. The molecule has 0 spiro atoms. The van der Waals surface area contributed by atoms with Crippen LogP contribution in [0.4, 0.5) is 0 Å². The number of carbonyl (C=O) groups excluding carboxylic acids is 1. The average molecular weight is 412 g/mol. The normalized spacial score (nSPS) is 12.6. The van der Waals surface area contributed by atoms with Gasteiger partial charge in [0, 0.05) is 36.9 Å². The number of fused-ring (bicyclic) bond motifs is 1. The SMILES string of the molecule is [O]C(C(=O)NC=Cc1cc(Cl)cc(Cl)c1)c1csc2ccc(Cl)cc12. The Hall–Kier alpha value is -1.56. The van der Waals surface area contributed by atoms with Crippen molar-refractivity contribution in [2.75, 3.05) is 0 Å². The predicted molar refractivity (Wildman–Crippen MR) is 104 cm³/mol. The van der Waals surface area contributed by atoms with Gasteiger partial charge in [-0.05, 0) is 53.4 Å². The highest BCUT2D eigenvalue weighted by atomic mass is 35.5. The van der Waals surface area contributed by atoms with E-state index in [0.717, 1.165) is 4.70 Å². The molecule has 1 radical (unpaired) electrons. The Balaban J connectivity index is 1.74. The van der Waals surface area contributed by atoms with Gasteiger partial charge >= 0.3 is 0 Å². The summed E-state index contributed by atoms with van der Waals surface area (Å²) in [5, 5.41) is 18.8. The van der Waals surface area contributed by atoms with E-state index in [-0.39, 0.29) is 0 Å². The van der Waals surface area contributed by atoms with Crippen molar-refractivity contribution in [3.63, 3.8) is 0 Å². The minimum atomic E-state index is -1.54. The van der Waals surface area contributed by atoms with Crippen molar-refractivity contribution in [1.82, 2.24) is 5.32 Å². The van der Waals surface area contributed by atoms with Gasteiger partial charge in [-0.25, -0.2) is 5.11 Å². The van der Waals surface area contributed by atoms with Gasteiger partial charge in [0.15, 0.2) is 6.10 Å². The molecule has 1 unspecified atom stereocenters. The number of benzene rings is 2. The molecule has 2 aromatic carbocycles. The van der Waals surface area contributed by atoms with Gasteiger partial charge in [-0.15, -0.1) is 11.3 Å². The molecule has 0 saturated heterocycles. The minimum Gasteiger partial charge on any atom is -0.330 e. The first-order chi connectivity index (χ1) is 11.9. The zero-order valence-electron chi connectivity index (χ0n) is 12.6. The summed E-state index contributed by atoms with van der Waals surface area (Å²) >= 11 is 19.2. The Labute approximate surface area is 163 Å². The smallest absolute Gasteiger partial charge is 0.261 e. The molecular formula is C18H11Cl3NO2S. The Kier molecular flexibility index (Phi) is 5.67. The van der Waals surface area contributed by atoms with E-state index in [9.17, 15) is 9.90 Å². The van der Waals surface area contributed by atoms with Crippen molar-refractivity contribution in [3.05, 3.63) is 74.2 Å². The number of hydrogen-bond donors (Lipinski definition) is 1. The number of amides is 1. The lowest BCUT2D eigenvalue weighted by Crippen LogP contribution is -2.23. The van der Waals surface area contributed by atoms with E-state index in [2.05, 4.69) is 5.32 Å². The number of hydrogen-bond acceptors (Lipinski definition) is 2. The Morgan fingerprint density at radius 1 is 1.04 bits per heavy atom. The van der Waals surface area contributed by atoms with E-state index in [4.69, 9.17) is 34.8 Å². The van der Waals surface area contributed by atoms with Crippen LogP contribution < -0.4 is 5.32 Å². The van der Waals surface area contributed by atoms with E-state index in [0.29, 0.717) is 31.6 Å². The summed E-state index contributed by atoms with van der Waals surface area (Å²) in [6, 6.07) is 10.3. The molecule has 0 bridgehead atoms. The van der Waals surface area contributed by atoms with Crippen LogP contribution in [0.25, 0.3) is 16.2 Å². The van der Waals surface area contributed by atoms with Crippen LogP contribution >= 0.6 is 46.1 Å². The molecule has 0 fully saturated rings. The first-order valence-electron chi connectivity index (χ1n) is 7.19. The van der Waals surface area contributed by atoms with Gasteiger partial charge in [-0.1, -0.05) is 34.8 Å². The maximum Gasteiger partial charge on any atom is 0.261 e.